The molecule has 0 radical (unpaired) electrons. The van der Waals surface area contributed by atoms with Gasteiger partial charge in [-0.1, -0.05) is 16.8 Å². The summed E-state index contributed by atoms with van der Waals surface area (Å²) >= 11 is 6.21. The first-order valence-corrected chi connectivity index (χ1v) is 11.5. The summed E-state index contributed by atoms with van der Waals surface area (Å²) in [5.41, 5.74) is 0.243. The molecule has 1 amide bonds. The maximum absolute atomic E-state index is 14.3. The van der Waals surface area contributed by atoms with Gasteiger partial charge in [0, 0.05) is 37.8 Å². The minimum absolute atomic E-state index is 0.00268. The number of hydrogen-bond acceptors (Lipinski definition) is 9. The minimum atomic E-state index is -1.10. The summed E-state index contributed by atoms with van der Waals surface area (Å²) < 4.78 is 20.3. The first kappa shape index (κ1) is 26.0. The highest BCUT2D eigenvalue weighted by molar-refractivity contribution is 6.35. The highest BCUT2D eigenvalue weighted by atomic mass is 35.5. The molecule has 0 aliphatic carbocycles. The van der Waals surface area contributed by atoms with Crippen LogP contribution in [0.2, 0.25) is 5.02 Å². The number of methoxy groups -OCH3 is 1. The van der Waals surface area contributed by atoms with Crippen LogP contribution in [0.5, 0.6) is 0 Å². The number of nitrogens with one attached hydrogen (secondary N) is 1. The molecular formula is C23H23ClFN7O5. The van der Waals surface area contributed by atoms with Crippen LogP contribution in [0.25, 0.3) is 5.69 Å². The van der Waals surface area contributed by atoms with Gasteiger partial charge in [0.1, 0.15) is 0 Å². The van der Waals surface area contributed by atoms with E-state index >= 15 is 0 Å². The maximum Gasteiger partial charge on any atom is 0.360 e. The largest absolute Gasteiger partial charge is 0.464 e. The first-order chi connectivity index (χ1) is 17.6. The van der Waals surface area contributed by atoms with E-state index in [0.29, 0.717) is 30.2 Å². The van der Waals surface area contributed by atoms with Crippen LogP contribution in [0.4, 0.5) is 21.5 Å². The molecular weight excluding hydrogens is 509 g/mol. The number of piperazine rings is 1. The van der Waals surface area contributed by atoms with E-state index in [2.05, 4.69) is 30.2 Å². The van der Waals surface area contributed by atoms with Crippen LogP contribution in [0, 0.1) is 22.9 Å². The van der Waals surface area contributed by atoms with Gasteiger partial charge in [-0.3, -0.25) is 14.9 Å². The number of carbonyl (C=O) groups is 2. The van der Waals surface area contributed by atoms with Crippen molar-refractivity contribution in [1.82, 2.24) is 19.9 Å². The van der Waals surface area contributed by atoms with E-state index in [1.54, 1.807) is 18.2 Å². The summed E-state index contributed by atoms with van der Waals surface area (Å²) in [6.07, 6.45) is 1.38. The van der Waals surface area contributed by atoms with Crippen LogP contribution in [-0.2, 0) is 4.74 Å². The van der Waals surface area contributed by atoms with Gasteiger partial charge in [0.05, 0.1) is 45.9 Å². The summed E-state index contributed by atoms with van der Waals surface area (Å²) in [7, 11) is 3.24. The molecule has 37 heavy (non-hydrogen) atoms. The molecule has 1 saturated heterocycles. The van der Waals surface area contributed by atoms with E-state index in [0.717, 1.165) is 19.2 Å². The monoisotopic (exact) mass is 531 g/mol. The molecule has 4 rings (SSSR count). The predicted octanol–water partition coefficient (Wildman–Crippen LogP) is 3.07. The molecule has 194 valence electrons. The average molecular weight is 532 g/mol. The summed E-state index contributed by atoms with van der Waals surface area (Å²) in [5, 5.41) is 21.6. The number of anilines is 2. The predicted molar refractivity (Wildman–Crippen MR) is 133 cm³/mol. The minimum Gasteiger partial charge on any atom is -0.464 e. The molecule has 1 fully saturated rings. The van der Waals surface area contributed by atoms with Gasteiger partial charge in [-0.2, -0.15) is 4.39 Å². The van der Waals surface area contributed by atoms with Crippen LogP contribution in [0.1, 0.15) is 26.4 Å². The number of nitro groups is 1. The smallest absolute Gasteiger partial charge is 0.360 e. The fraction of sp³-hybridized carbons (Fsp3) is 0.304. The summed E-state index contributed by atoms with van der Waals surface area (Å²) in [6.45, 7) is 4.25. The molecule has 2 aromatic carbocycles. The summed E-state index contributed by atoms with van der Waals surface area (Å²) in [4.78, 5) is 39.7. The standard InChI is InChI=1S/C23H23ClFN7O5/c1-13-20(24)15(11-19(21(13)25)32(35)36)22(33)26-16-10-14(31-12-17(27-28-31)23(34)37-3)4-5-18(16)30-8-6-29(2)7-9-30/h4-5,10-12H,6-9H2,1-3H3,(H,26,33). The Balaban J connectivity index is 1.75. The Hall–Kier alpha value is -4.10. The summed E-state index contributed by atoms with van der Waals surface area (Å²) in [5.74, 6) is -2.51. The molecule has 14 heteroatoms. The molecule has 0 spiro atoms. The van der Waals surface area contributed by atoms with Gasteiger partial charge < -0.3 is 19.9 Å². The second-order valence-electron chi connectivity index (χ2n) is 8.44. The zero-order valence-corrected chi connectivity index (χ0v) is 21.0. The highest BCUT2D eigenvalue weighted by Gasteiger charge is 2.26. The first-order valence-electron chi connectivity index (χ1n) is 11.1. The average Bonchev–Trinajstić information content (AvgIpc) is 3.38. The number of halogens is 2. The topological polar surface area (TPSA) is 136 Å². The maximum atomic E-state index is 14.3. The van der Waals surface area contributed by atoms with Crippen LogP contribution in [0.3, 0.4) is 0 Å². The van der Waals surface area contributed by atoms with Crippen molar-refractivity contribution in [2.75, 3.05) is 50.6 Å². The van der Waals surface area contributed by atoms with Gasteiger partial charge >= 0.3 is 11.7 Å². The molecule has 0 unspecified atom stereocenters. The Bertz CT molecular complexity index is 1390. The second-order valence-corrected chi connectivity index (χ2v) is 8.82. The normalized spacial score (nSPS) is 13.9. The molecule has 2 heterocycles. The number of aromatic nitrogens is 3. The van der Waals surface area contributed by atoms with Crippen molar-refractivity contribution in [3.05, 3.63) is 68.2 Å². The molecule has 1 aliphatic rings. The lowest BCUT2D eigenvalue weighted by Crippen LogP contribution is -2.44. The molecule has 3 aromatic rings. The van der Waals surface area contributed by atoms with Gasteiger partial charge in [-0.15, -0.1) is 5.10 Å². The second kappa shape index (κ2) is 10.5. The molecule has 1 aliphatic heterocycles. The van der Waals surface area contributed by atoms with Gasteiger partial charge in [0.2, 0.25) is 5.82 Å². The number of nitrogens with zero attached hydrogens (tertiary/aromatic N) is 6. The van der Waals surface area contributed by atoms with Crippen molar-refractivity contribution in [2.24, 2.45) is 0 Å². The fourth-order valence-corrected chi connectivity index (χ4v) is 4.14. The molecule has 0 bridgehead atoms. The van der Waals surface area contributed by atoms with Crippen LogP contribution < -0.4 is 10.2 Å². The lowest BCUT2D eigenvalue weighted by Gasteiger charge is -2.35. The third kappa shape index (κ3) is 5.22. The summed E-state index contributed by atoms with van der Waals surface area (Å²) in [6, 6.07) is 5.98. The van der Waals surface area contributed by atoms with Crippen molar-refractivity contribution in [3.8, 4) is 5.69 Å². The van der Waals surface area contributed by atoms with Crippen molar-refractivity contribution in [3.63, 3.8) is 0 Å². The number of nitro benzene ring substituents is 1. The number of ether oxygens (including phenoxy) is 1. The Morgan fingerprint density at radius 2 is 1.92 bits per heavy atom. The molecule has 12 nitrogen and oxygen atoms in total. The van der Waals surface area contributed by atoms with Crippen molar-refractivity contribution in [1.29, 1.82) is 0 Å². The number of benzene rings is 2. The van der Waals surface area contributed by atoms with E-state index in [1.165, 1.54) is 24.9 Å². The molecule has 1 N–H and O–H groups in total. The van der Waals surface area contributed by atoms with Crippen LogP contribution in [-0.4, -0.2) is 77.0 Å². The van der Waals surface area contributed by atoms with Gasteiger partial charge in [-0.25, -0.2) is 9.48 Å². The third-order valence-electron chi connectivity index (χ3n) is 6.07. The number of hydrogen-bond donors (Lipinski definition) is 1. The third-order valence-corrected chi connectivity index (χ3v) is 6.55. The van der Waals surface area contributed by atoms with E-state index in [9.17, 15) is 24.1 Å². The van der Waals surface area contributed by atoms with Gasteiger partial charge in [0.15, 0.2) is 5.69 Å². The van der Waals surface area contributed by atoms with Crippen LogP contribution in [0.15, 0.2) is 30.5 Å². The van der Waals surface area contributed by atoms with Crippen molar-refractivity contribution in [2.45, 2.75) is 6.92 Å². The van der Waals surface area contributed by atoms with Crippen LogP contribution >= 0.6 is 11.6 Å². The fourth-order valence-electron chi connectivity index (χ4n) is 3.92. The number of amides is 1. The van der Waals surface area contributed by atoms with Crippen molar-refractivity contribution >= 4 is 40.5 Å². The highest BCUT2D eigenvalue weighted by Crippen LogP contribution is 2.33. The molecule has 1 aromatic heterocycles. The van der Waals surface area contributed by atoms with E-state index in [1.807, 2.05) is 7.05 Å². The lowest BCUT2D eigenvalue weighted by atomic mass is 10.1. The Labute approximate surface area is 215 Å². The molecule has 0 atom stereocenters. The SMILES string of the molecule is COC(=O)c1cn(-c2ccc(N3CCN(C)CC3)c(NC(=O)c3cc([N+](=O)[O-])c(F)c(C)c3Cl)c2)nn1. The number of carbonyl (C=O) groups excluding carboxylic acids is 2. The lowest BCUT2D eigenvalue weighted by molar-refractivity contribution is -0.387. The Morgan fingerprint density at radius 3 is 2.57 bits per heavy atom. The number of rotatable bonds is 6. The van der Waals surface area contributed by atoms with Gasteiger partial charge in [0.25, 0.3) is 5.91 Å². The zero-order chi connectivity index (χ0) is 26.9. The Kier molecular flexibility index (Phi) is 7.36. The number of likely N-dealkylation sites (N-methyl/N-ethyl adjacent to an activating group) is 1. The molecule has 0 saturated carbocycles. The van der Waals surface area contributed by atoms with Gasteiger partial charge in [-0.05, 0) is 32.2 Å². The quantitative estimate of drug-likeness (QED) is 0.289. The Morgan fingerprint density at radius 1 is 1.22 bits per heavy atom. The van der Waals surface area contributed by atoms with E-state index < -0.39 is 28.3 Å². The van der Waals surface area contributed by atoms with Crippen molar-refractivity contribution < 1.29 is 23.6 Å². The number of esters is 1. The van der Waals surface area contributed by atoms with E-state index in [-0.39, 0.29) is 21.8 Å². The van der Waals surface area contributed by atoms with E-state index in [4.69, 9.17) is 11.6 Å². The zero-order valence-electron chi connectivity index (χ0n) is 20.2.